The molecule has 0 bridgehead atoms. The van der Waals surface area contributed by atoms with Gasteiger partial charge in [0.1, 0.15) is 11.3 Å². The Morgan fingerprint density at radius 1 is 1.15 bits per heavy atom. The Labute approximate surface area is 153 Å². The molecule has 132 valence electrons. The fourth-order valence-electron chi connectivity index (χ4n) is 2.90. The fraction of sp³-hybridized carbons (Fsp3) is 0.176. The lowest BCUT2D eigenvalue weighted by atomic mass is 10.1. The van der Waals surface area contributed by atoms with Gasteiger partial charge < -0.3 is 15.6 Å². The molecular formula is C17H15ClFN7. The zero-order chi connectivity index (χ0) is 18.3. The largest absolute Gasteiger partial charge is 0.373 e. The maximum atomic E-state index is 13.7. The highest BCUT2D eigenvalue weighted by Crippen LogP contribution is 2.31. The molecule has 7 nitrogen and oxygen atoms in total. The van der Waals surface area contributed by atoms with Gasteiger partial charge in [0, 0.05) is 18.0 Å². The van der Waals surface area contributed by atoms with E-state index in [9.17, 15) is 4.39 Å². The van der Waals surface area contributed by atoms with Gasteiger partial charge in [-0.1, -0.05) is 23.7 Å². The molecule has 4 rings (SSSR count). The smallest absolute Gasteiger partial charge is 0.312 e. The van der Waals surface area contributed by atoms with Crippen LogP contribution in [0.5, 0.6) is 0 Å². The topological polar surface area (TPSA) is 91.4 Å². The van der Waals surface area contributed by atoms with E-state index in [1.54, 1.807) is 13.1 Å². The van der Waals surface area contributed by atoms with E-state index in [-0.39, 0.29) is 6.04 Å². The van der Waals surface area contributed by atoms with E-state index in [4.69, 9.17) is 11.6 Å². The molecule has 0 aliphatic heterocycles. The molecule has 26 heavy (non-hydrogen) atoms. The van der Waals surface area contributed by atoms with Crippen LogP contribution < -0.4 is 10.6 Å². The summed E-state index contributed by atoms with van der Waals surface area (Å²) in [6.07, 6.45) is 0.626. The molecule has 0 aliphatic carbocycles. The lowest BCUT2D eigenvalue weighted by molar-refractivity contribution is 0.544. The first-order chi connectivity index (χ1) is 12.6. The van der Waals surface area contributed by atoms with Gasteiger partial charge in [0.15, 0.2) is 11.5 Å². The maximum absolute atomic E-state index is 13.7. The van der Waals surface area contributed by atoms with Gasteiger partial charge in [-0.25, -0.2) is 9.97 Å². The fourth-order valence-corrected chi connectivity index (χ4v) is 3.13. The van der Waals surface area contributed by atoms with Crippen LogP contribution in [0.2, 0.25) is 5.02 Å². The summed E-state index contributed by atoms with van der Waals surface area (Å²) >= 11 is 6.24. The molecule has 1 aromatic carbocycles. The molecule has 3 aromatic heterocycles. The minimum absolute atomic E-state index is 0.220. The Morgan fingerprint density at radius 3 is 2.81 bits per heavy atom. The third-order valence-corrected chi connectivity index (χ3v) is 4.44. The summed E-state index contributed by atoms with van der Waals surface area (Å²) in [6.45, 7) is 1.94. The van der Waals surface area contributed by atoms with Crippen molar-refractivity contribution < 1.29 is 4.39 Å². The molecule has 0 saturated carbocycles. The lowest BCUT2D eigenvalue weighted by Gasteiger charge is -2.19. The molecule has 0 spiro atoms. The molecule has 1 unspecified atom stereocenters. The molecule has 0 fully saturated rings. The molecule has 9 heteroatoms. The number of nitrogens with one attached hydrogen (secondary N) is 3. The zero-order valence-corrected chi connectivity index (χ0v) is 14.8. The highest BCUT2D eigenvalue weighted by Gasteiger charge is 2.17. The van der Waals surface area contributed by atoms with Crippen LogP contribution >= 0.6 is 11.6 Å². The summed E-state index contributed by atoms with van der Waals surface area (Å²) < 4.78 is 13.7. The number of H-pyrrole nitrogens is 1. The predicted molar refractivity (Wildman–Crippen MR) is 100.0 cm³/mol. The van der Waals surface area contributed by atoms with Crippen molar-refractivity contribution in [3.63, 3.8) is 0 Å². The van der Waals surface area contributed by atoms with Gasteiger partial charge >= 0.3 is 6.08 Å². The number of fused-ring (bicyclic) bond motifs is 2. The molecular weight excluding hydrogens is 357 g/mol. The lowest BCUT2D eigenvalue weighted by Crippen LogP contribution is -2.12. The van der Waals surface area contributed by atoms with Crippen LogP contribution in [0.1, 0.15) is 18.5 Å². The van der Waals surface area contributed by atoms with E-state index < -0.39 is 6.08 Å². The quantitative estimate of drug-likeness (QED) is 0.471. The third kappa shape index (κ3) is 2.78. The van der Waals surface area contributed by atoms with Gasteiger partial charge in [-0.2, -0.15) is 14.4 Å². The molecule has 3 heterocycles. The van der Waals surface area contributed by atoms with E-state index >= 15 is 0 Å². The van der Waals surface area contributed by atoms with Crippen LogP contribution in [0, 0.1) is 6.08 Å². The molecule has 3 N–H and O–H groups in total. The summed E-state index contributed by atoms with van der Waals surface area (Å²) in [5, 5.41) is 7.78. The van der Waals surface area contributed by atoms with Crippen molar-refractivity contribution >= 4 is 45.3 Å². The van der Waals surface area contributed by atoms with Gasteiger partial charge in [-0.05, 0) is 19.1 Å². The molecule has 4 aromatic rings. The second-order valence-corrected chi connectivity index (χ2v) is 6.20. The second kappa shape index (κ2) is 6.38. The van der Waals surface area contributed by atoms with Crippen molar-refractivity contribution in [2.75, 3.05) is 17.7 Å². The SMILES string of the molecule is CNc1nc2c(Cl)cccc2cc1C(C)Nc1nc(F)nc2[nH]cnc12. The number of nitrogens with zero attached hydrogens (tertiary/aromatic N) is 4. The Balaban J connectivity index is 1.78. The summed E-state index contributed by atoms with van der Waals surface area (Å²) in [7, 11) is 1.79. The number of hydrogen-bond donors (Lipinski definition) is 3. The van der Waals surface area contributed by atoms with Crippen molar-refractivity contribution in [1.82, 2.24) is 24.9 Å². The van der Waals surface area contributed by atoms with E-state index in [0.29, 0.717) is 27.8 Å². The van der Waals surface area contributed by atoms with Crippen molar-refractivity contribution in [2.45, 2.75) is 13.0 Å². The first kappa shape index (κ1) is 16.5. The van der Waals surface area contributed by atoms with Gasteiger partial charge in [-0.15, -0.1) is 0 Å². The minimum Gasteiger partial charge on any atom is -0.373 e. The Kier molecular flexibility index (Phi) is 4.04. The van der Waals surface area contributed by atoms with Gasteiger partial charge in [0.2, 0.25) is 0 Å². The Bertz CT molecular complexity index is 1110. The number of aromatic nitrogens is 5. The first-order valence-corrected chi connectivity index (χ1v) is 8.34. The Morgan fingerprint density at radius 2 is 2.00 bits per heavy atom. The molecule has 1 atom stereocenters. The molecule has 0 saturated heterocycles. The minimum atomic E-state index is -0.825. The number of halogens is 2. The number of anilines is 2. The highest BCUT2D eigenvalue weighted by molar-refractivity contribution is 6.35. The van der Waals surface area contributed by atoms with Gasteiger partial charge in [0.05, 0.1) is 22.9 Å². The zero-order valence-electron chi connectivity index (χ0n) is 14.0. The average molecular weight is 372 g/mol. The third-order valence-electron chi connectivity index (χ3n) is 4.13. The van der Waals surface area contributed by atoms with Crippen LogP contribution in [0.15, 0.2) is 30.6 Å². The number of hydrogen-bond acceptors (Lipinski definition) is 6. The predicted octanol–water partition coefficient (Wildman–Crippen LogP) is 3.91. The number of rotatable bonds is 4. The van der Waals surface area contributed by atoms with E-state index in [1.165, 1.54) is 6.33 Å². The van der Waals surface area contributed by atoms with E-state index in [0.717, 1.165) is 16.5 Å². The molecule has 0 amide bonds. The molecule has 0 radical (unpaired) electrons. The number of aromatic amines is 1. The first-order valence-electron chi connectivity index (χ1n) is 7.97. The molecule has 0 aliphatic rings. The number of pyridine rings is 1. The second-order valence-electron chi connectivity index (χ2n) is 5.79. The summed E-state index contributed by atoms with van der Waals surface area (Å²) in [6, 6.07) is 7.40. The standard InChI is InChI=1S/C17H15ClFN7/c1-8(23-16-13-15(22-7-21-13)25-17(19)26-16)10-6-9-4-3-5-11(18)12(9)24-14(10)20-2/h3-8H,1-2H3,(H,20,24)(H2,21,22,23,25,26). The van der Waals surface area contributed by atoms with Crippen LogP contribution in [0.3, 0.4) is 0 Å². The van der Waals surface area contributed by atoms with Crippen molar-refractivity contribution in [3.8, 4) is 0 Å². The average Bonchev–Trinajstić information content (AvgIpc) is 3.09. The van der Waals surface area contributed by atoms with E-state index in [1.807, 2.05) is 25.1 Å². The summed E-state index contributed by atoms with van der Waals surface area (Å²) in [5.41, 5.74) is 2.42. The summed E-state index contributed by atoms with van der Waals surface area (Å²) in [4.78, 5) is 19.1. The normalized spacial score (nSPS) is 12.5. The summed E-state index contributed by atoms with van der Waals surface area (Å²) in [5.74, 6) is 0.993. The number of imidazole rings is 1. The monoisotopic (exact) mass is 371 g/mol. The Hall–Kier alpha value is -3.00. The maximum Gasteiger partial charge on any atom is 0.312 e. The van der Waals surface area contributed by atoms with Crippen molar-refractivity contribution in [1.29, 1.82) is 0 Å². The van der Waals surface area contributed by atoms with Crippen LogP contribution in [0.25, 0.3) is 22.1 Å². The van der Waals surface area contributed by atoms with Crippen molar-refractivity contribution in [2.24, 2.45) is 0 Å². The van der Waals surface area contributed by atoms with Crippen LogP contribution in [-0.4, -0.2) is 32.0 Å². The van der Waals surface area contributed by atoms with Gasteiger partial charge in [-0.3, -0.25) is 0 Å². The van der Waals surface area contributed by atoms with Crippen LogP contribution in [-0.2, 0) is 0 Å². The van der Waals surface area contributed by atoms with Crippen molar-refractivity contribution in [3.05, 3.63) is 47.3 Å². The number of benzene rings is 1. The van der Waals surface area contributed by atoms with Crippen LogP contribution in [0.4, 0.5) is 16.0 Å². The van der Waals surface area contributed by atoms with Gasteiger partial charge in [0.25, 0.3) is 0 Å². The number of para-hydroxylation sites is 1. The van der Waals surface area contributed by atoms with E-state index in [2.05, 4.69) is 35.6 Å². The highest BCUT2D eigenvalue weighted by atomic mass is 35.5.